The van der Waals surface area contributed by atoms with Crippen LogP contribution in [0.2, 0.25) is 0 Å². The van der Waals surface area contributed by atoms with Crippen molar-refractivity contribution in [3.05, 3.63) is 23.8 Å². The molecule has 0 radical (unpaired) electrons. The summed E-state index contributed by atoms with van der Waals surface area (Å²) in [6.45, 7) is 1.82. The average molecular weight is 248 g/mol. The predicted molar refractivity (Wildman–Crippen MR) is 67.9 cm³/mol. The molecule has 0 bridgehead atoms. The Kier molecular flexibility index (Phi) is 3.14. The number of nitrogens with two attached hydrogens (primary N) is 1. The van der Waals surface area contributed by atoms with Crippen molar-refractivity contribution in [1.29, 1.82) is 0 Å². The molecule has 0 amide bonds. The number of aryl methyl sites for hydroxylation is 1. The lowest BCUT2D eigenvalue weighted by Gasteiger charge is -2.05. The van der Waals surface area contributed by atoms with E-state index in [0.29, 0.717) is 11.0 Å². The van der Waals surface area contributed by atoms with E-state index in [9.17, 15) is 5.11 Å². The van der Waals surface area contributed by atoms with Crippen molar-refractivity contribution in [2.24, 2.45) is 0 Å². The van der Waals surface area contributed by atoms with E-state index in [2.05, 4.69) is 15.0 Å². The van der Waals surface area contributed by atoms with Crippen LogP contribution in [0.25, 0.3) is 11.4 Å². The molecule has 0 fully saturated rings. The van der Waals surface area contributed by atoms with Gasteiger partial charge in [-0.2, -0.15) is 9.97 Å². The van der Waals surface area contributed by atoms with Gasteiger partial charge in [-0.25, -0.2) is 4.98 Å². The molecule has 1 aromatic carbocycles. The number of thioether (sulfide) groups is 1. The Morgan fingerprint density at radius 3 is 2.65 bits per heavy atom. The Hall–Kier alpha value is -1.82. The summed E-state index contributed by atoms with van der Waals surface area (Å²) in [6, 6.07) is 5.18. The first-order valence-corrected chi connectivity index (χ1v) is 6.18. The monoisotopic (exact) mass is 248 g/mol. The summed E-state index contributed by atoms with van der Waals surface area (Å²) in [5.74, 6) is 0.968. The van der Waals surface area contributed by atoms with Crippen LogP contribution in [0.15, 0.2) is 23.4 Å². The molecule has 0 aliphatic heterocycles. The molecule has 6 heteroatoms. The molecular formula is C11H12N4OS. The summed E-state index contributed by atoms with van der Waals surface area (Å²) in [5, 5.41) is 10.0. The maximum Gasteiger partial charge on any atom is 0.224 e. The summed E-state index contributed by atoms with van der Waals surface area (Å²) in [4.78, 5) is 12.3. The fourth-order valence-corrected chi connectivity index (χ4v) is 1.75. The summed E-state index contributed by atoms with van der Waals surface area (Å²) < 4.78 is 0. The summed E-state index contributed by atoms with van der Waals surface area (Å²) in [7, 11) is 0. The fourth-order valence-electron chi connectivity index (χ4n) is 1.39. The zero-order chi connectivity index (χ0) is 12.4. The minimum atomic E-state index is 0.199. The molecule has 0 aliphatic rings. The second-order valence-corrected chi connectivity index (χ2v) is 4.28. The molecular weight excluding hydrogens is 236 g/mol. The molecule has 0 saturated heterocycles. The maximum atomic E-state index is 9.46. The fraction of sp³-hybridized carbons (Fsp3) is 0.182. The number of aromatic hydroxyl groups is 1. The first-order valence-electron chi connectivity index (χ1n) is 4.95. The average Bonchev–Trinajstić information content (AvgIpc) is 2.32. The van der Waals surface area contributed by atoms with Gasteiger partial charge < -0.3 is 10.8 Å². The van der Waals surface area contributed by atoms with E-state index in [-0.39, 0.29) is 11.7 Å². The largest absolute Gasteiger partial charge is 0.508 e. The summed E-state index contributed by atoms with van der Waals surface area (Å²) in [5.41, 5.74) is 7.20. The van der Waals surface area contributed by atoms with Gasteiger partial charge in [0.1, 0.15) is 5.75 Å². The number of phenols is 1. The molecule has 3 N–H and O–H groups in total. The number of hydrogen-bond acceptors (Lipinski definition) is 6. The quantitative estimate of drug-likeness (QED) is 0.789. The van der Waals surface area contributed by atoms with Gasteiger partial charge in [0.25, 0.3) is 0 Å². The molecule has 0 atom stereocenters. The standard InChI is InChI=1S/C11H12N4OS/c1-6-5-7(3-4-8(6)16)9-13-10(12)15-11(14-9)17-2/h3-5,16H,1-2H3,(H2,12,13,14,15). The van der Waals surface area contributed by atoms with E-state index in [1.54, 1.807) is 12.1 Å². The molecule has 88 valence electrons. The van der Waals surface area contributed by atoms with Gasteiger partial charge >= 0.3 is 0 Å². The Bertz CT molecular complexity index is 559. The van der Waals surface area contributed by atoms with Crippen molar-refractivity contribution < 1.29 is 5.11 Å². The minimum absolute atomic E-state index is 0.199. The van der Waals surface area contributed by atoms with Crippen LogP contribution in [0.1, 0.15) is 5.56 Å². The van der Waals surface area contributed by atoms with Crippen molar-refractivity contribution in [1.82, 2.24) is 15.0 Å². The Morgan fingerprint density at radius 2 is 2.00 bits per heavy atom. The number of phenolic OH excluding ortho intramolecular Hbond substituents is 1. The van der Waals surface area contributed by atoms with Gasteiger partial charge in [0.2, 0.25) is 5.95 Å². The molecule has 1 aromatic heterocycles. The topological polar surface area (TPSA) is 84.9 Å². The highest BCUT2D eigenvalue weighted by molar-refractivity contribution is 7.98. The first kappa shape index (κ1) is 11.7. The van der Waals surface area contributed by atoms with Crippen LogP contribution in [0.5, 0.6) is 5.75 Å². The Morgan fingerprint density at radius 1 is 1.24 bits per heavy atom. The Balaban J connectivity index is 2.52. The van der Waals surface area contributed by atoms with Gasteiger partial charge in [0.15, 0.2) is 11.0 Å². The number of rotatable bonds is 2. The van der Waals surface area contributed by atoms with Gasteiger partial charge in [-0.1, -0.05) is 11.8 Å². The van der Waals surface area contributed by atoms with Crippen LogP contribution in [-0.4, -0.2) is 26.3 Å². The molecule has 0 unspecified atom stereocenters. The van der Waals surface area contributed by atoms with E-state index in [1.807, 2.05) is 19.2 Å². The minimum Gasteiger partial charge on any atom is -0.508 e. The predicted octanol–water partition coefficient (Wildman–Crippen LogP) is 1.86. The van der Waals surface area contributed by atoms with Crippen LogP contribution < -0.4 is 5.73 Å². The van der Waals surface area contributed by atoms with Crippen LogP contribution in [0, 0.1) is 6.92 Å². The van der Waals surface area contributed by atoms with Crippen LogP contribution in [0.4, 0.5) is 5.95 Å². The zero-order valence-corrected chi connectivity index (χ0v) is 10.3. The molecule has 0 spiro atoms. The number of aromatic nitrogens is 3. The van der Waals surface area contributed by atoms with E-state index in [4.69, 9.17) is 5.73 Å². The second kappa shape index (κ2) is 4.58. The number of hydrogen-bond donors (Lipinski definition) is 2. The first-order chi connectivity index (χ1) is 8.10. The molecule has 5 nitrogen and oxygen atoms in total. The van der Waals surface area contributed by atoms with Gasteiger partial charge in [-0.05, 0) is 36.9 Å². The number of benzene rings is 1. The van der Waals surface area contributed by atoms with Crippen LogP contribution in [0.3, 0.4) is 0 Å². The van der Waals surface area contributed by atoms with E-state index in [1.165, 1.54) is 11.8 Å². The second-order valence-electron chi connectivity index (χ2n) is 3.51. The van der Waals surface area contributed by atoms with Gasteiger partial charge in [-0.15, -0.1) is 0 Å². The molecule has 2 rings (SSSR count). The highest BCUT2D eigenvalue weighted by Crippen LogP contribution is 2.24. The molecule has 1 heterocycles. The molecule has 0 saturated carbocycles. The van der Waals surface area contributed by atoms with Crippen molar-refractivity contribution in [2.45, 2.75) is 12.1 Å². The summed E-state index contributed by atoms with van der Waals surface area (Å²) in [6.07, 6.45) is 1.88. The highest BCUT2D eigenvalue weighted by atomic mass is 32.2. The van der Waals surface area contributed by atoms with Gasteiger partial charge in [0, 0.05) is 5.56 Å². The SMILES string of the molecule is CSc1nc(N)nc(-c2ccc(O)c(C)c2)n1. The third-order valence-electron chi connectivity index (χ3n) is 2.27. The number of nitrogens with zero attached hydrogens (tertiary/aromatic N) is 3. The van der Waals surface area contributed by atoms with Crippen LogP contribution in [-0.2, 0) is 0 Å². The Labute approximate surface area is 103 Å². The molecule has 17 heavy (non-hydrogen) atoms. The van der Waals surface area contributed by atoms with E-state index in [0.717, 1.165) is 11.1 Å². The number of nitrogen functional groups attached to an aromatic ring is 1. The summed E-state index contributed by atoms with van der Waals surface area (Å²) >= 11 is 1.41. The highest BCUT2D eigenvalue weighted by Gasteiger charge is 2.07. The lowest BCUT2D eigenvalue weighted by atomic mass is 10.1. The van der Waals surface area contributed by atoms with Crippen molar-refractivity contribution in [2.75, 3.05) is 12.0 Å². The molecule has 0 aliphatic carbocycles. The van der Waals surface area contributed by atoms with Crippen LogP contribution >= 0.6 is 11.8 Å². The molecule has 2 aromatic rings. The lowest BCUT2D eigenvalue weighted by Crippen LogP contribution is -2.01. The zero-order valence-electron chi connectivity index (χ0n) is 9.51. The third kappa shape index (κ3) is 2.47. The third-order valence-corrected chi connectivity index (χ3v) is 2.82. The van der Waals surface area contributed by atoms with E-state index < -0.39 is 0 Å². The normalized spacial score (nSPS) is 10.5. The van der Waals surface area contributed by atoms with Gasteiger partial charge in [0.05, 0.1) is 0 Å². The smallest absolute Gasteiger partial charge is 0.224 e. The van der Waals surface area contributed by atoms with Gasteiger partial charge in [-0.3, -0.25) is 0 Å². The lowest BCUT2D eigenvalue weighted by molar-refractivity contribution is 0.471. The number of anilines is 1. The van der Waals surface area contributed by atoms with Crippen molar-refractivity contribution in [3.8, 4) is 17.1 Å². The van der Waals surface area contributed by atoms with E-state index >= 15 is 0 Å². The maximum absolute atomic E-state index is 9.46. The van der Waals surface area contributed by atoms with Crippen molar-refractivity contribution >= 4 is 17.7 Å². The van der Waals surface area contributed by atoms with Crippen molar-refractivity contribution in [3.63, 3.8) is 0 Å².